The van der Waals surface area contributed by atoms with Crippen LogP contribution in [0.15, 0.2) is 30.5 Å². The van der Waals surface area contributed by atoms with Gasteiger partial charge < -0.3 is 14.9 Å². The Kier molecular flexibility index (Phi) is 5.59. The van der Waals surface area contributed by atoms with Crippen molar-refractivity contribution >= 4 is 33.5 Å². The second-order valence-electron chi connectivity index (χ2n) is 6.30. The lowest BCUT2D eigenvalue weighted by Gasteiger charge is -2.42. The van der Waals surface area contributed by atoms with Gasteiger partial charge in [0.25, 0.3) is 0 Å². The summed E-state index contributed by atoms with van der Waals surface area (Å²) < 4.78 is 5.56. The van der Waals surface area contributed by atoms with Crippen molar-refractivity contribution in [3.05, 3.63) is 36.0 Å². The largest absolute Gasteiger partial charge is 0.497 e. The standard InChI is InChI=1S/C18H23IN2O3/c1-11(19)21-10-12(22)3-6-17(21)18(23)14-7-8-20-16-5-4-13(24-2)9-15(14)16/h4-5,7-9,11-12,17-18,22-23H,3,6,10H2,1-2H3/t11-,12+,17+,18-/m0/s1. The zero-order valence-electron chi connectivity index (χ0n) is 13.9. The van der Waals surface area contributed by atoms with Crippen molar-refractivity contribution in [3.8, 4) is 5.75 Å². The van der Waals surface area contributed by atoms with Crippen LogP contribution in [-0.4, -0.2) is 49.9 Å². The summed E-state index contributed by atoms with van der Waals surface area (Å²) in [5.74, 6) is 0.752. The molecule has 2 heterocycles. The predicted octanol–water partition coefficient (Wildman–Crippen LogP) is 2.88. The van der Waals surface area contributed by atoms with Crippen LogP contribution in [0.3, 0.4) is 0 Å². The second-order valence-corrected chi connectivity index (χ2v) is 8.10. The molecular weight excluding hydrogens is 419 g/mol. The van der Waals surface area contributed by atoms with E-state index >= 15 is 0 Å². The van der Waals surface area contributed by atoms with E-state index in [9.17, 15) is 10.2 Å². The number of piperidine rings is 1. The van der Waals surface area contributed by atoms with Crippen molar-refractivity contribution in [1.29, 1.82) is 0 Å². The van der Waals surface area contributed by atoms with Crippen molar-refractivity contribution in [3.63, 3.8) is 0 Å². The fourth-order valence-corrected chi connectivity index (χ4v) is 4.13. The summed E-state index contributed by atoms with van der Waals surface area (Å²) in [7, 11) is 1.63. The number of alkyl halides is 1. The number of aromatic nitrogens is 1. The van der Waals surface area contributed by atoms with Gasteiger partial charge in [0.2, 0.25) is 0 Å². The van der Waals surface area contributed by atoms with Gasteiger partial charge >= 0.3 is 0 Å². The maximum absolute atomic E-state index is 11.1. The number of hydrogen-bond donors (Lipinski definition) is 2. The maximum Gasteiger partial charge on any atom is 0.119 e. The number of pyridine rings is 1. The summed E-state index contributed by atoms with van der Waals surface area (Å²) in [5, 5.41) is 22.0. The number of rotatable bonds is 4. The molecule has 24 heavy (non-hydrogen) atoms. The van der Waals surface area contributed by atoms with E-state index in [2.05, 4.69) is 39.4 Å². The SMILES string of the molecule is COc1ccc2nccc([C@H](O)[C@H]3CC[C@@H](O)CN3[C@@H](C)I)c2c1. The summed E-state index contributed by atoms with van der Waals surface area (Å²) >= 11 is 2.34. The van der Waals surface area contributed by atoms with Crippen LogP contribution in [0.1, 0.15) is 31.4 Å². The lowest BCUT2D eigenvalue weighted by molar-refractivity contribution is -0.0218. The quantitative estimate of drug-likeness (QED) is 0.433. The fourth-order valence-electron chi connectivity index (χ4n) is 3.49. The topological polar surface area (TPSA) is 65.8 Å². The van der Waals surface area contributed by atoms with Gasteiger partial charge in [-0.05, 0) is 49.6 Å². The number of aliphatic hydroxyl groups is 2. The molecule has 1 aromatic carbocycles. The van der Waals surface area contributed by atoms with E-state index in [0.29, 0.717) is 13.0 Å². The van der Waals surface area contributed by atoms with Crippen LogP contribution in [0.4, 0.5) is 0 Å². The van der Waals surface area contributed by atoms with Crippen molar-refractivity contribution < 1.29 is 14.9 Å². The molecule has 0 aliphatic carbocycles. The molecule has 0 spiro atoms. The lowest BCUT2D eigenvalue weighted by atomic mass is 9.90. The zero-order chi connectivity index (χ0) is 17.3. The van der Waals surface area contributed by atoms with Gasteiger partial charge in [0, 0.05) is 24.2 Å². The summed E-state index contributed by atoms with van der Waals surface area (Å²) in [4.78, 5) is 6.58. The molecule has 1 saturated heterocycles. The smallest absolute Gasteiger partial charge is 0.119 e. The first-order valence-corrected chi connectivity index (χ1v) is 9.44. The van der Waals surface area contributed by atoms with Crippen molar-refractivity contribution in [2.24, 2.45) is 0 Å². The van der Waals surface area contributed by atoms with Gasteiger partial charge in [-0.15, -0.1) is 0 Å². The van der Waals surface area contributed by atoms with Gasteiger partial charge in [0.05, 0.1) is 28.9 Å². The molecule has 130 valence electrons. The van der Waals surface area contributed by atoms with Crippen LogP contribution in [-0.2, 0) is 0 Å². The second kappa shape index (κ2) is 7.51. The molecule has 5 nitrogen and oxygen atoms in total. The lowest BCUT2D eigenvalue weighted by Crippen LogP contribution is -2.50. The van der Waals surface area contributed by atoms with E-state index in [-0.39, 0.29) is 16.2 Å². The Morgan fingerprint density at radius 3 is 2.83 bits per heavy atom. The number of hydrogen-bond acceptors (Lipinski definition) is 5. The van der Waals surface area contributed by atoms with Gasteiger partial charge in [0.1, 0.15) is 5.75 Å². The molecule has 3 rings (SSSR count). The van der Waals surface area contributed by atoms with Crippen LogP contribution < -0.4 is 4.74 Å². The minimum absolute atomic E-state index is 0.0166. The Balaban J connectivity index is 1.99. The third-order valence-electron chi connectivity index (χ3n) is 4.77. The molecule has 0 bridgehead atoms. The van der Waals surface area contributed by atoms with Crippen LogP contribution in [0.2, 0.25) is 0 Å². The summed E-state index contributed by atoms with van der Waals surface area (Å²) in [6.45, 7) is 2.68. The average molecular weight is 442 g/mol. The molecule has 4 atom stereocenters. The maximum atomic E-state index is 11.1. The van der Waals surface area contributed by atoms with Crippen LogP contribution in [0.5, 0.6) is 5.75 Å². The first kappa shape index (κ1) is 17.8. The summed E-state index contributed by atoms with van der Waals surface area (Å²) in [6.07, 6.45) is 2.27. The van der Waals surface area contributed by atoms with Crippen LogP contribution in [0.25, 0.3) is 10.9 Å². The minimum atomic E-state index is -0.632. The highest BCUT2D eigenvalue weighted by Gasteiger charge is 2.35. The molecule has 0 amide bonds. The molecule has 0 saturated carbocycles. The molecule has 0 radical (unpaired) electrons. The first-order valence-electron chi connectivity index (χ1n) is 8.20. The number of halogens is 1. The highest BCUT2D eigenvalue weighted by Crippen LogP contribution is 2.35. The molecule has 2 aromatic rings. The number of ether oxygens (including phenoxy) is 1. The van der Waals surface area contributed by atoms with Crippen molar-refractivity contribution in [2.75, 3.05) is 13.7 Å². The Bertz CT molecular complexity index is 710. The number of aliphatic hydroxyl groups excluding tert-OH is 2. The van der Waals surface area contributed by atoms with Gasteiger partial charge in [-0.2, -0.15) is 0 Å². The Morgan fingerprint density at radius 2 is 2.12 bits per heavy atom. The number of fused-ring (bicyclic) bond motifs is 1. The highest BCUT2D eigenvalue weighted by molar-refractivity contribution is 14.1. The molecule has 1 aliphatic rings. The fraction of sp³-hybridized carbons (Fsp3) is 0.500. The highest BCUT2D eigenvalue weighted by atomic mass is 127. The summed E-state index contributed by atoms with van der Waals surface area (Å²) in [5.41, 5.74) is 1.71. The normalized spacial score (nSPS) is 24.7. The number of benzene rings is 1. The van der Waals surface area contributed by atoms with Crippen molar-refractivity contribution in [2.45, 2.75) is 42.1 Å². The van der Waals surface area contributed by atoms with E-state index in [1.165, 1.54) is 0 Å². The Morgan fingerprint density at radius 1 is 1.33 bits per heavy atom. The molecule has 1 fully saturated rings. The first-order chi connectivity index (χ1) is 11.5. The molecule has 1 aromatic heterocycles. The van der Waals surface area contributed by atoms with E-state index < -0.39 is 6.10 Å². The van der Waals surface area contributed by atoms with Gasteiger partial charge in [0.15, 0.2) is 0 Å². The Hall–Kier alpha value is -0.960. The monoisotopic (exact) mass is 442 g/mol. The van der Waals surface area contributed by atoms with E-state index in [1.54, 1.807) is 13.3 Å². The number of nitrogens with zero attached hydrogens (tertiary/aromatic N) is 2. The Labute approximate surface area is 155 Å². The average Bonchev–Trinajstić information content (AvgIpc) is 2.60. The number of likely N-dealkylation sites (tertiary alicyclic amines) is 1. The van der Waals surface area contributed by atoms with Crippen LogP contribution in [0, 0.1) is 0 Å². The minimum Gasteiger partial charge on any atom is -0.497 e. The number of β-amino-alcohol motifs (C(OH)–C–C–N with tert-alkyl or cyclic N) is 1. The molecule has 6 heteroatoms. The molecule has 1 aliphatic heterocycles. The van der Waals surface area contributed by atoms with Gasteiger partial charge in [-0.3, -0.25) is 9.88 Å². The van der Waals surface area contributed by atoms with E-state index in [4.69, 9.17) is 4.74 Å². The molecular formula is C18H23IN2O3. The molecule has 2 N–H and O–H groups in total. The van der Waals surface area contributed by atoms with E-state index in [0.717, 1.165) is 28.6 Å². The van der Waals surface area contributed by atoms with Gasteiger partial charge in [-0.25, -0.2) is 0 Å². The third kappa shape index (κ3) is 3.51. The van der Waals surface area contributed by atoms with E-state index in [1.807, 2.05) is 24.3 Å². The molecule has 0 unspecified atom stereocenters. The summed E-state index contributed by atoms with van der Waals surface area (Å²) in [6, 6.07) is 7.58. The predicted molar refractivity (Wildman–Crippen MR) is 102 cm³/mol. The van der Waals surface area contributed by atoms with Crippen LogP contribution >= 0.6 is 22.6 Å². The van der Waals surface area contributed by atoms with Crippen molar-refractivity contribution in [1.82, 2.24) is 9.88 Å². The van der Waals surface area contributed by atoms with Gasteiger partial charge in [-0.1, -0.05) is 22.6 Å². The third-order valence-corrected chi connectivity index (χ3v) is 5.48. The number of methoxy groups -OCH3 is 1. The zero-order valence-corrected chi connectivity index (χ0v) is 16.1.